The molecule has 4 nitrogen and oxygen atoms in total. The van der Waals surface area contributed by atoms with E-state index < -0.39 is 23.7 Å². The molecule has 0 aliphatic rings. The van der Waals surface area contributed by atoms with Crippen LogP contribution in [0.1, 0.15) is 17.1 Å². The molecule has 0 atom stereocenters. The predicted octanol–water partition coefficient (Wildman–Crippen LogP) is 2.92. The van der Waals surface area contributed by atoms with Crippen LogP contribution < -0.4 is 4.74 Å². The first-order chi connectivity index (χ1) is 9.34. The molecule has 0 bridgehead atoms. The second-order valence-electron chi connectivity index (χ2n) is 3.93. The largest absolute Gasteiger partial charge is 0.457 e. The molecule has 2 aromatic heterocycles. The number of ether oxygens (including phenoxy) is 1. The summed E-state index contributed by atoms with van der Waals surface area (Å²) in [5.41, 5.74) is -0.591. The van der Waals surface area contributed by atoms with E-state index in [0.717, 1.165) is 12.3 Å². The van der Waals surface area contributed by atoms with E-state index in [2.05, 4.69) is 15.0 Å². The van der Waals surface area contributed by atoms with Gasteiger partial charge in [0.2, 0.25) is 0 Å². The van der Waals surface area contributed by atoms with Crippen LogP contribution in [-0.2, 0) is 12.8 Å². The maximum Gasteiger partial charge on any atom is 0.433 e. The molecule has 0 saturated carbocycles. The Hall–Kier alpha value is -2.25. The molecular formula is C12H9F4N3O. The molecule has 0 radical (unpaired) electrons. The highest BCUT2D eigenvalue weighted by Crippen LogP contribution is 2.28. The normalized spacial score (nSPS) is 11.4. The van der Waals surface area contributed by atoms with E-state index >= 15 is 0 Å². The number of aryl methyl sites for hydroxylation is 1. The summed E-state index contributed by atoms with van der Waals surface area (Å²) >= 11 is 0. The maximum absolute atomic E-state index is 12.6. The van der Waals surface area contributed by atoms with Gasteiger partial charge < -0.3 is 4.74 Å². The van der Waals surface area contributed by atoms with Crippen LogP contribution >= 0.6 is 0 Å². The number of alkyl halides is 3. The summed E-state index contributed by atoms with van der Waals surface area (Å²) in [6, 6.07) is 2.95. The van der Waals surface area contributed by atoms with Gasteiger partial charge in [-0.15, -0.1) is 0 Å². The van der Waals surface area contributed by atoms with Crippen molar-refractivity contribution in [3.63, 3.8) is 0 Å². The summed E-state index contributed by atoms with van der Waals surface area (Å²) in [6.45, 7) is 1.25. The van der Waals surface area contributed by atoms with Crippen molar-refractivity contribution in [3.8, 4) is 6.01 Å². The van der Waals surface area contributed by atoms with Gasteiger partial charge in [0.05, 0.1) is 11.9 Å². The summed E-state index contributed by atoms with van der Waals surface area (Å²) in [5.74, 6) is -0.514. The molecule has 0 amide bonds. The fourth-order valence-electron chi connectivity index (χ4n) is 1.38. The Morgan fingerprint density at radius 3 is 2.55 bits per heavy atom. The number of pyridine rings is 1. The van der Waals surface area contributed by atoms with Gasteiger partial charge >= 0.3 is 12.2 Å². The fraction of sp³-hybridized carbons (Fsp3) is 0.250. The summed E-state index contributed by atoms with van der Waals surface area (Å²) in [5, 5.41) is 0. The van der Waals surface area contributed by atoms with Gasteiger partial charge in [0.1, 0.15) is 12.4 Å². The molecule has 8 heteroatoms. The minimum absolute atomic E-state index is 0.134. The third-order valence-corrected chi connectivity index (χ3v) is 2.26. The zero-order chi connectivity index (χ0) is 14.8. The fourth-order valence-corrected chi connectivity index (χ4v) is 1.38. The molecule has 0 spiro atoms. The highest BCUT2D eigenvalue weighted by atomic mass is 19.4. The number of nitrogens with zero attached hydrogens (tertiary/aromatic N) is 3. The van der Waals surface area contributed by atoms with Crippen LogP contribution in [0, 0.1) is 12.7 Å². The lowest BCUT2D eigenvalue weighted by molar-refractivity contribution is -0.141. The molecule has 20 heavy (non-hydrogen) atoms. The third-order valence-electron chi connectivity index (χ3n) is 2.26. The summed E-state index contributed by atoms with van der Waals surface area (Å²) in [4.78, 5) is 10.7. The van der Waals surface area contributed by atoms with Crippen LogP contribution in [0.25, 0.3) is 0 Å². The van der Waals surface area contributed by atoms with Gasteiger partial charge in [-0.2, -0.15) is 18.2 Å². The SMILES string of the molecule is Cc1cc(C(F)(F)F)nc(OCc2ccc(F)cn2)n1. The smallest absolute Gasteiger partial charge is 0.433 e. The van der Waals surface area contributed by atoms with E-state index in [9.17, 15) is 17.6 Å². The minimum Gasteiger partial charge on any atom is -0.457 e. The quantitative estimate of drug-likeness (QED) is 0.814. The Morgan fingerprint density at radius 1 is 1.20 bits per heavy atom. The molecule has 2 heterocycles. The standard InChI is InChI=1S/C12H9F4N3O/c1-7-4-10(12(14,15)16)19-11(18-7)20-6-9-3-2-8(13)5-17-9/h2-5H,6H2,1H3. The van der Waals surface area contributed by atoms with Crippen LogP contribution in [0.4, 0.5) is 17.6 Å². The van der Waals surface area contributed by atoms with Crippen molar-refractivity contribution < 1.29 is 22.3 Å². The average molecular weight is 287 g/mol. The monoisotopic (exact) mass is 287 g/mol. The number of hydrogen-bond acceptors (Lipinski definition) is 4. The molecule has 0 aliphatic heterocycles. The summed E-state index contributed by atoms with van der Waals surface area (Å²) in [7, 11) is 0. The molecule has 0 saturated heterocycles. The van der Waals surface area contributed by atoms with Crippen LogP contribution in [0.5, 0.6) is 6.01 Å². The second kappa shape index (κ2) is 5.40. The first kappa shape index (κ1) is 14.2. The lowest BCUT2D eigenvalue weighted by Gasteiger charge is -2.09. The molecule has 0 N–H and O–H groups in total. The third kappa shape index (κ3) is 3.62. The number of halogens is 4. The van der Waals surface area contributed by atoms with Gasteiger partial charge in [-0.05, 0) is 25.1 Å². The van der Waals surface area contributed by atoms with Gasteiger partial charge in [-0.3, -0.25) is 4.98 Å². The molecule has 0 aliphatic carbocycles. The van der Waals surface area contributed by atoms with Crippen LogP contribution in [-0.4, -0.2) is 15.0 Å². The van der Waals surface area contributed by atoms with Crippen LogP contribution in [0.2, 0.25) is 0 Å². The Morgan fingerprint density at radius 2 is 1.95 bits per heavy atom. The van der Waals surface area contributed by atoms with Crippen molar-refractivity contribution in [3.05, 3.63) is 47.3 Å². The van der Waals surface area contributed by atoms with E-state index in [1.165, 1.54) is 19.1 Å². The topological polar surface area (TPSA) is 47.9 Å². The van der Waals surface area contributed by atoms with Crippen LogP contribution in [0.3, 0.4) is 0 Å². The highest BCUT2D eigenvalue weighted by Gasteiger charge is 2.33. The zero-order valence-electron chi connectivity index (χ0n) is 10.3. The molecular weight excluding hydrogens is 278 g/mol. The number of rotatable bonds is 3. The first-order valence-electron chi connectivity index (χ1n) is 5.51. The van der Waals surface area contributed by atoms with Gasteiger partial charge in [0.15, 0.2) is 5.69 Å². The lowest BCUT2D eigenvalue weighted by Crippen LogP contribution is -2.11. The first-order valence-corrected chi connectivity index (χ1v) is 5.51. The van der Waals surface area contributed by atoms with Gasteiger partial charge in [0, 0.05) is 5.69 Å². The van der Waals surface area contributed by atoms with Crippen molar-refractivity contribution in [1.82, 2.24) is 15.0 Å². The van der Waals surface area contributed by atoms with Crippen molar-refractivity contribution in [2.45, 2.75) is 19.7 Å². The zero-order valence-corrected chi connectivity index (χ0v) is 10.3. The van der Waals surface area contributed by atoms with E-state index in [0.29, 0.717) is 5.69 Å². The number of hydrogen-bond donors (Lipinski definition) is 0. The maximum atomic E-state index is 12.6. The van der Waals surface area contributed by atoms with E-state index in [1.807, 2.05) is 0 Å². The van der Waals surface area contributed by atoms with E-state index in [4.69, 9.17) is 4.74 Å². The Kier molecular flexibility index (Phi) is 3.82. The van der Waals surface area contributed by atoms with Gasteiger partial charge in [0.25, 0.3) is 0 Å². The second-order valence-corrected chi connectivity index (χ2v) is 3.93. The average Bonchev–Trinajstić information content (AvgIpc) is 2.36. The predicted molar refractivity (Wildman–Crippen MR) is 60.3 cm³/mol. The van der Waals surface area contributed by atoms with Crippen molar-refractivity contribution in [1.29, 1.82) is 0 Å². The summed E-state index contributed by atoms with van der Waals surface area (Å²) < 4.78 is 55.3. The molecule has 106 valence electrons. The molecule has 0 unspecified atom stereocenters. The van der Waals surface area contributed by atoms with Crippen LogP contribution in [0.15, 0.2) is 24.4 Å². The lowest BCUT2D eigenvalue weighted by atomic mass is 10.3. The minimum atomic E-state index is -4.57. The summed E-state index contributed by atoms with van der Waals surface area (Å²) in [6.07, 6.45) is -3.59. The van der Waals surface area contributed by atoms with E-state index in [-0.39, 0.29) is 12.3 Å². The van der Waals surface area contributed by atoms with Crippen molar-refractivity contribution in [2.24, 2.45) is 0 Å². The van der Waals surface area contributed by atoms with Crippen molar-refractivity contribution >= 4 is 0 Å². The Bertz CT molecular complexity index is 599. The molecule has 0 aromatic carbocycles. The van der Waals surface area contributed by atoms with E-state index in [1.54, 1.807) is 0 Å². The van der Waals surface area contributed by atoms with Crippen molar-refractivity contribution in [2.75, 3.05) is 0 Å². The Labute approximate surface area is 111 Å². The number of aromatic nitrogens is 3. The van der Waals surface area contributed by atoms with Gasteiger partial charge in [-0.25, -0.2) is 9.37 Å². The molecule has 2 rings (SSSR count). The highest BCUT2D eigenvalue weighted by molar-refractivity contribution is 5.15. The molecule has 2 aromatic rings. The van der Waals surface area contributed by atoms with Gasteiger partial charge in [-0.1, -0.05) is 0 Å². The molecule has 0 fully saturated rings. The Balaban J connectivity index is 2.13.